The Bertz CT molecular complexity index is 548. The molecule has 6 heteroatoms. The van der Waals surface area contributed by atoms with Gasteiger partial charge in [0.2, 0.25) is 0 Å². The van der Waals surface area contributed by atoms with Gasteiger partial charge in [-0.3, -0.25) is 0 Å². The molecule has 0 aliphatic rings. The first kappa shape index (κ1) is 15.9. The van der Waals surface area contributed by atoms with Gasteiger partial charge in [-0.1, -0.05) is 12.1 Å². The Kier molecular flexibility index (Phi) is 6.59. The minimum Gasteiger partial charge on any atom is -0.490 e. The van der Waals surface area contributed by atoms with E-state index in [1.54, 1.807) is 36.6 Å². The van der Waals surface area contributed by atoms with Crippen LogP contribution in [0.3, 0.4) is 0 Å². The summed E-state index contributed by atoms with van der Waals surface area (Å²) >= 11 is 1.60. The maximum Gasteiger partial charge on any atom is 0.165 e. The van der Waals surface area contributed by atoms with E-state index in [1.807, 2.05) is 5.38 Å². The number of halogens is 1. The number of para-hydroxylation sites is 1. The largest absolute Gasteiger partial charge is 0.490 e. The molecule has 0 bridgehead atoms. The lowest BCUT2D eigenvalue weighted by Crippen LogP contribution is -2.18. The molecule has 0 unspecified atom stereocenters. The summed E-state index contributed by atoms with van der Waals surface area (Å²) in [5.41, 5.74) is 1.01. The highest BCUT2D eigenvalue weighted by molar-refractivity contribution is 7.09. The van der Waals surface area contributed by atoms with Gasteiger partial charge in [-0.25, -0.2) is 9.37 Å². The minimum atomic E-state index is -0.334. The molecule has 0 aliphatic carbocycles. The summed E-state index contributed by atoms with van der Waals surface area (Å²) in [6, 6.07) is 6.42. The van der Waals surface area contributed by atoms with Crippen molar-refractivity contribution in [1.29, 1.82) is 0 Å². The van der Waals surface area contributed by atoms with Crippen molar-refractivity contribution in [3.05, 3.63) is 46.2 Å². The average molecular weight is 310 g/mol. The summed E-state index contributed by atoms with van der Waals surface area (Å²) in [5.74, 6) is -0.0461. The third kappa shape index (κ3) is 5.41. The van der Waals surface area contributed by atoms with E-state index in [0.717, 1.165) is 23.8 Å². The van der Waals surface area contributed by atoms with Crippen LogP contribution in [0.4, 0.5) is 4.39 Å². The van der Waals surface area contributed by atoms with Gasteiger partial charge in [0.1, 0.15) is 0 Å². The number of rotatable bonds is 9. The summed E-state index contributed by atoms with van der Waals surface area (Å²) in [5, 5.41) is 6.26. The molecule has 0 radical (unpaired) electrons. The molecule has 1 aromatic carbocycles. The van der Waals surface area contributed by atoms with E-state index in [1.165, 1.54) is 6.07 Å². The zero-order valence-electron chi connectivity index (χ0n) is 12.0. The first-order valence-corrected chi connectivity index (χ1v) is 7.68. The van der Waals surface area contributed by atoms with E-state index in [0.29, 0.717) is 19.6 Å². The lowest BCUT2D eigenvalue weighted by Gasteiger charge is -2.05. The SMILES string of the molecule is COCCNCc1csc(CCOc2ccccc2F)n1. The zero-order valence-corrected chi connectivity index (χ0v) is 12.8. The maximum absolute atomic E-state index is 13.4. The van der Waals surface area contributed by atoms with Gasteiger partial charge >= 0.3 is 0 Å². The number of benzene rings is 1. The van der Waals surface area contributed by atoms with Crippen LogP contribution >= 0.6 is 11.3 Å². The Morgan fingerprint density at radius 3 is 2.95 bits per heavy atom. The fourth-order valence-electron chi connectivity index (χ4n) is 1.75. The number of ether oxygens (including phenoxy) is 2. The second-order valence-corrected chi connectivity index (χ2v) is 5.37. The lowest BCUT2D eigenvalue weighted by atomic mass is 10.3. The molecule has 1 heterocycles. The van der Waals surface area contributed by atoms with Crippen molar-refractivity contribution in [3.8, 4) is 5.75 Å². The lowest BCUT2D eigenvalue weighted by molar-refractivity contribution is 0.199. The molecular formula is C15H19FN2O2S. The summed E-state index contributed by atoms with van der Waals surface area (Å²) in [7, 11) is 1.68. The van der Waals surface area contributed by atoms with E-state index in [9.17, 15) is 4.39 Å². The van der Waals surface area contributed by atoms with Crippen molar-refractivity contribution in [3.63, 3.8) is 0 Å². The van der Waals surface area contributed by atoms with E-state index < -0.39 is 0 Å². The van der Waals surface area contributed by atoms with Crippen LogP contribution in [-0.2, 0) is 17.7 Å². The van der Waals surface area contributed by atoms with Crippen molar-refractivity contribution < 1.29 is 13.9 Å². The quantitative estimate of drug-likeness (QED) is 0.723. The molecule has 0 amide bonds. The van der Waals surface area contributed by atoms with E-state index in [-0.39, 0.29) is 11.6 Å². The summed E-state index contributed by atoms with van der Waals surface area (Å²) in [6.07, 6.45) is 0.678. The van der Waals surface area contributed by atoms with Crippen molar-refractivity contribution in [1.82, 2.24) is 10.3 Å². The first-order valence-electron chi connectivity index (χ1n) is 6.80. The Morgan fingerprint density at radius 1 is 1.29 bits per heavy atom. The molecule has 2 rings (SSSR count). The van der Waals surface area contributed by atoms with Crippen LogP contribution in [0, 0.1) is 5.82 Å². The standard InChI is InChI=1S/C15H19FN2O2S/c1-19-9-7-17-10-12-11-21-15(18-12)6-8-20-14-5-3-2-4-13(14)16/h2-5,11,17H,6-10H2,1H3. The highest BCUT2D eigenvalue weighted by atomic mass is 32.1. The summed E-state index contributed by atoms with van der Waals surface area (Å²) in [4.78, 5) is 4.50. The molecule has 1 aromatic heterocycles. The molecule has 0 atom stereocenters. The molecule has 0 saturated heterocycles. The highest BCUT2D eigenvalue weighted by Gasteiger charge is 2.04. The summed E-state index contributed by atoms with van der Waals surface area (Å²) < 4.78 is 23.8. The normalized spacial score (nSPS) is 10.8. The maximum atomic E-state index is 13.4. The van der Waals surface area contributed by atoms with Crippen LogP contribution in [0.1, 0.15) is 10.7 Å². The molecule has 0 spiro atoms. The van der Waals surface area contributed by atoms with Crippen LogP contribution < -0.4 is 10.1 Å². The Morgan fingerprint density at radius 2 is 2.14 bits per heavy atom. The van der Waals surface area contributed by atoms with Crippen molar-refractivity contribution in [2.24, 2.45) is 0 Å². The second kappa shape index (κ2) is 8.71. The van der Waals surface area contributed by atoms with Gasteiger partial charge < -0.3 is 14.8 Å². The molecular weight excluding hydrogens is 291 g/mol. The number of hydrogen-bond acceptors (Lipinski definition) is 5. The van der Waals surface area contributed by atoms with Gasteiger partial charge in [0.05, 0.1) is 23.9 Å². The highest BCUT2D eigenvalue weighted by Crippen LogP contribution is 2.16. The van der Waals surface area contributed by atoms with E-state index in [4.69, 9.17) is 9.47 Å². The second-order valence-electron chi connectivity index (χ2n) is 4.43. The number of aromatic nitrogens is 1. The van der Waals surface area contributed by atoms with Crippen LogP contribution in [0.25, 0.3) is 0 Å². The molecule has 0 fully saturated rings. The smallest absolute Gasteiger partial charge is 0.165 e. The monoisotopic (exact) mass is 310 g/mol. The number of thiazole rings is 1. The number of nitrogens with zero attached hydrogens (tertiary/aromatic N) is 1. The van der Waals surface area contributed by atoms with Gasteiger partial charge in [-0.05, 0) is 12.1 Å². The fraction of sp³-hybridized carbons (Fsp3) is 0.400. The zero-order chi connectivity index (χ0) is 14.9. The minimum absolute atomic E-state index is 0.288. The van der Waals surface area contributed by atoms with Gasteiger partial charge in [0.15, 0.2) is 11.6 Å². The third-order valence-corrected chi connectivity index (χ3v) is 3.76. The van der Waals surface area contributed by atoms with Crippen LogP contribution in [-0.4, -0.2) is 31.9 Å². The molecule has 0 aliphatic heterocycles. The van der Waals surface area contributed by atoms with E-state index >= 15 is 0 Å². The van der Waals surface area contributed by atoms with Crippen LogP contribution in [0.5, 0.6) is 5.75 Å². The molecule has 4 nitrogen and oxygen atoms in total. The Hall–Kier alpha value is -1.50. The summed E-state index contributed by atoms with van der Waals surface area (Å²) in [6.45, 7) is 2.65. The Balaban J connectivity index is 1.71. The third-order valence-electron chi connectivity index (χ3n) is 2.80. The molecule has 21 heavy (non-hydrogen) atoms. The predicted octanol–water partition coefficient (Wildman–Crippen LogP) is 2.64. The number of hydrogen-bond donors (Lipinski definition) is 1. The average Bonchev–Trinajstić information content (AvgIpc) is 2.94. The number of nitrogens with one attached hydrogen (secondary N) is 1. The van der Waals surface area contributed by atoms with Crippen molar-refractivity contribution in [2.45, 2.75) is 13.0 Å². The predicted molar refractivity (Wildman–Crippen MR) is 81.3 cm³/mol. The van der Waals surface area contributed by atoms with Gasteiger partial charge in [0.25, 0.3) is 0 Å². The first-order chi connectivity index (χ1) is 10.3. The topological polar surface area (TPSA) is 43.4 Å². The fourth-order valence-corrected chi connectivity index (χ4v) is 2.52. The number of methoxy groups -OCH3 is 1. The molecule has 1 N–H and O–H groups in total. The van der Waals surface area contributed by atoms with Crippen molar-refractivity contribution in [2.75, 3.05) is 26.9 Å². The van der Waals surface area contributed by atoms with Crippen LogP contribution in [0.15, 0.2) is 29.6 Å². The van der Waals surface area contributed by atoms with E-state index in [2.05, 4.69) is 10.3 Å². The molecule has 0 saturated carbocycles. The van der Waals surface area contributed by atoms with Crippen molar-refractivity contribution >= 4 is 11.3 Å². The Labute approximate surface area is 127 Å². The van der Waals surface area contributed by atoms with Gasteiger partial charge in [0, 0.05) is 32.0 Å². The van der Waals surface area contributed by atoms with Gasteiger partial charge in [-0.15, -0.1) is 11.3 Å². The van der Waals surface area contributed by atoms with Gasteiger partial charge in [-0.2, -0.15) is 0 Å². The molecule has 2 aromatic rings. The molecule has 114 valence electrons. The van der Waals surface area contributed by atoms with Crippen LogP contribution in [0.2, 0.25) is 0 Å².